The number of β-amino-alcohol motifs (C(OH)–C–C–N with tert-alkyl or cyclic N) is 1. The maximum absolute atomic E-state index is 12.6. The number of halogens is 1. The van der Waals surface area contributed by atoms with E-state index in [1.807, 2.05) is 18.2 Å². The lowest BCUT2D eigenvalue weighted by Gasteiger charge is -2.23. The van der Waals surface area contributed by atoms with E-state index >= 15 is 0 Å². The molecule has 2 unspecified atom stereocenters. The molecular weight excluding hydrogens is 340 g/mol. The van der Waals surface area contributed by atoms with Crippen LogP contribution in [-0.2, 0) is 11.3 Å². The number of hydrogen-bond donors (Lipinski definition) is 2. The molecule has 2 atom stereocenters. The molecule has 3 rings (SSSR count). The third-order valence-corrected chi connectivity index (χ3v) is 4.50. The number of nitrogens with zero attached hydrogens (tertiary/aromatic N) is 1. The maximum atomic E-state index is 12.6. The second-order valence-corrected chi connectivity index (χ2v) is 6.51. The van der Waals surface area contributed by atoms with E-state index in [9.17, 15) is 14.7 Å². The van der Waals surface area contributed by atoms with Gasteiger partial charge in [-0.2, -0.15) is 0 Å². The Bertz CT molecular complexity index is 749. The minimum atomic E-state index is -0.695. The van der Waals surface area contributed by atoms with E-state index in [4.69, 9.17) is 11.6 Å². The van der Waals surface area contributed by atoms with Gasteiger partial charge in [-0.25, -0.2) is 0 Å². The average Bonchev–Trinajstić information content (AvgIpc) is 3.03. The number of benzene rings is 2. The minimum absolute atomic E-state index is 0.159. The van der Waals surface area contributed by atoms with Crippen LogP contribution in [0.25, 0.3) is 0 Å². The zero-order chi connectivity index (χ0) is 17.8. The number of hydrogen-bond acceptors (Lipinski definition) is 3. The van der Waals surface area contributed by atoms with Gasteiger partial charge in [0.1, 0.15) is 6.04 Å². The van der Waals surface area contributed by atoms with Crippen molar-refractivity contribution in [1.82, 2.24) is 10.2 Å². The van der Waals surface area contributed by atoms with Crippen molar-refractivity contribution in [1.29, 1.82) is 0 Å². The molecule has 2 aromatic rings. The smallest absolute Gasteiger partial charge is 0.254 e. The molecule has 0 bridgehead atoms. The van der Waals surface area contributed by atoms with Crippen molar-refractivity contribution < 1.29 is 14.7 Å². The Balaban J connectivity index is 1.67. The van der Waals surface area contributed by atoms with Gasteiger partial charge in [0.05, 0.1) is 6.10 Å². The van der Waals surface area contributed by atoms with Crippen LogP contribution in [0.1, 0.15) is 22.3 Å². The Kier molecular flexibility index (Phi) is 5.36. The fourth-order valence-electron chi connectivity index (χ4n) is 2.94. The molecule has 25 heavy (non-hydrogen) atoms. The molecule has 1 aliphatic rings. The Morgan fingerprint density at radius 2 is 1.80 bits per heavy atom. The quantitative estimate of drug-likeness (QED) is 0.880. The van der Waals surface area contributed by atoms with Crippen molar-refractivity contribution in [2.24, 2.45) is 0 Å². The number of carbonyl (C=O) groups excluding carboxylic acids is 2. The molecule has 0 aromatic heterocycles. The molecule has 0 saturated carbocycles. The fourth-order valence-corrected chi connectivity index (χ4v) is 3.07. The van der Waals surface area contributed by atoms with Crippen LogP contribution in [0.5, 0.6) is 0 Å². The molecule has 1 aliphatic heterocycles. The summed E-state index contributed by atoms with van der Waals surface area (Å²) in [5.41, 5.74) is 1.42. The summed E-state index contributed by atoms with van der Waals surface area (Å²) in [6, 6.07) is 15.3. The number of amides is 2. The van der Waals surface area contributed by atoms with Crippen molar-refractivity contribution in [3.63, 3.8) is 0 Å². The third kappa shape index (κ3) is 4.18. The van der Waals surface area contributed by atoms with Crippen LogP contribution in [0.4, 0.5) is 0 Å². The largest absolute Gasteiger partial charge is 0.391 e. The summed E-state index contributed by atoms with van der Waals surface area (Å²) in [5, 5.41) is 13.4. The molecule has 130 valence electrons. The predicted molar refractivity (Wildman–Crippen MR) is 95.2 cm³/mol. The summed E-state index contributed by atoms with van der Waals surface area (Å²) in [7, 11) is 0. The molecule has 0 spiro atoms. The van der Waals surface area contributed by atoms with E-state index in [0.717, 1.165) is 5.56 Å². The van der Waals surface area contributed by atoms with E-state index in [-0.39, 0.29) is 24.8 Å². The summed E-state index contributed by atoms with van der Waals surface area (Å²) in [6.07, 6.45) is -0.454. The number of aliphatic hydroxyl groups is 1. The predicted octanol–water partition coefficient (Wildman–Crippen LogP) is 2.23. The second-order valence-electron chi connectivity index (χ2n) is 6.07. The number of carbonyl (C=O) groups is 2. The Morgan fingerprint density at radius 3 is 2.48 bits per heavy atom. The van der Waals surface area contributed by atoms with Crippen molar-refractivity contribution in [2.45, 2.75) is 25.1 Å². The molecule has 1 heterocycles. The van der Waals surface area contributed by atoms with Crippen LogP contribution in [0, 0.1) is 0 Å². The van der Waals surface area contributed by atoms with E-state index in [0.29, 0.717) is 17.1 Å². The summed E-state index contributed by atoms with van der Waals surface area (Å²) in [6.45, 7) is 0.503. The standard InChI is InChI=1S/C19H19ClN2O3/c20-15-8-6-13(7-9-15)11-21-18(24)17-10-16(23)12-22(17)19(25)14-4-2-1-3-5-14/h1-9,16-17,23H,10-12H2,(H,21,24). The molecule has 5 nitrogen and oxygen atoms in total. The number of nitrogens with one attached hydrogen (secondary N) is 1. The molecule has 0 radical (unpaired) electrons. The SMILES string of the molecule is O=C(NCc1ccc(Cl)cc1)C1CC(O)CN1C(=O)c1ccccc1. The van der Waals surface area contributed by atoms with E-state index in [1.54, 1.807) is 36.4 Å². The first-order chi connectivity index (χ1) is 12.0. The third-order valence-electron chi connectivity index (χ3n) is 4.24. The normalized spacial score (nSPS) is 19.7. The van der Waals surface area contributed by atoms with Gasteiger partial charge in [-0.3, -0.25) is 9.59 Å². The zero-order valence-corrected chi connectivity index (χ0v) is 14.3. The highest BCUT2D eigenvalue weighted by Crippen LogP contribution is 2.21. The molecule has 1 fully saturated rings. The van der Waals surface area contributed by atoms with Crippen molar-refractivity contribution in [3.8, 4) is 0 Å². The minimum Gasteiger partial charge on any atom is -0.391 e. The van der Waals surface area contributed by atoms with Crippen molar-refractivity contribution in [2.75, 3.05) is 6.54 Å². The zero-order valence-electron chi connectivity index (χ0n) is 13.6. The van der Waals surface area contributed by atoms with Crippen LogP contribution in [-0.4, -0.2) is 40.5 Å². The Hall–Kier alpha value is -2.37. The van der Waals surface area contributed by atoms with Gasteiger partial charge in [-0.15, -0.1) is 0 Å². The summed E-state index contributed by atoms with van der Waals surface area (Å²) in [4.78, 5) is 26.6. The molecule has 0 aliphatic carbocycles. The fraction of sp³-hybridized carbons (Fsp3) is 0.263. The van der Waals surface area contributed by atoms with Crippen LogP contribution in [0.2, 0.25) is 5.02 Å². The van der Waals surface area contributed by atoms with Crippen LogP contribution in [0.15, 0.2) is 54.6 Å². The molecule has 2 aromatic carbocycles. The van der Waals surface area contributed by atoms with Gasteiger partial charge in [0.2, 0.25) is 5.91 Å². The van der Waals surface area contributed by atoms with Crippen molar-refractivity contribution in [3.05, 3.63) is 70.7 Å². The van der Waals surface area contributed by atoms with Crippen LogP contribution >= 0.6 is 11.6 Å². The van der Waals surface area contributed by atoms with Gasteiger partial charge in [-0.05, 0) is 29.8 Å². The highest BCUT2D eigenvalue weighted by atomic mass is 35.5. The summed E-state index contributed by atoms with van der Waals surface area (Å²) < 4.78 is 0. The molecule has 6 heteroatoms. The summed E-state index contributed by atoms with van der Waals surface area (Å²) >= 11 is 5.85. The maximum Gasteiger partial charge on any atom is 0.254 e. The molecule has 2 N–H and O–H groups in total. The highest BCUT2D eigenvalue weighted by molar-refractivity contribution is 6.30. The first-order valence-corrected chi connectivity index (χ1v) is 8.48. The van der Waals surface area contributed by atoms with Gasteiger partial charge < -0.3 is 15.3 Å². The van der Waals surface area contributed by atoms with Gasteiger partial charge >= 0.3 is 0 Å². The highest BCUT2D eigenvalue weighted by Gasteiger charge is 2.39. The van der Waals surface area contributed by atoms with Gasteiger partial charge in [0.15, 0.2) is 0 Å². The summed E-state index contributed by atoms with van der Waals surface area (Å²) in [5.74, 6) is -0.514. The Morgan fingerprint density at radius 1 is 1.12 bits per heavy atom. The molecular formula is C19H19ClN2O3. The van der Waals surface area contributed by atoms with E-state index < -0.39 is 12.1 Å². The van der Waals surface area contributed by atoms with Gasteiger partial charge in [0, 0.05) is 30.1 Å². The van der Waals surface area contributed by atoms with Crippen LogP contribution in [0.3, 0.4) is 0 Å². The van der Waals surface area contributed by atoms with Crippen LogP contribution < -0.4 is 5.32 Å². The number of rotatable bonds is 4. The number of likely N-dealkylation sites (tertiary alicyclic amines) is 1. The topological polar surface area (TPSA) is 69.6 Å². The van der Waals surface area contributed by atoms with E-state index in [1.165, 1.54) is 4.90 Å². The lowest BCUT2D eigenvalue weighted by molar-refractivity contribution is -0.125. The average molecular weight is 359 g/mol. The first-order valence-electron chi connectivity index (χ1n) is 8.11. The van der Waals surface area contributed by atoms with Gasteiger partial charge in [-0.1, -0.05) is 41.9 Å². The van der Waals surface area contributed by atoms with Gasteiger partial charge in [0.25, 0.3) is 5.91 Å². The first kappa shape index (κ1) is 17.5. The second kappa shape index (κ2) is 7.68. The van der Waals surface area contributed by atoms with E-state index in [2.05, 4.69) is 5.32 Å². The molecule has 1 saturated heterocycles. The monoisotopic (exact) mass is 358 g/mol. The number of aliphatic hydroxyl groups excluding tert-OH is 1. The molecule has 2 amide bonds. The lowest BCUT2D eigenvalue weighted by Crippen LogP contribution is -2.45. The van der Waals surface area contributed by atoms with Crippen molar-refractivity contribution >= 4 is 23.4 Å². The lowest BCUT2D eigenvalue weighted by atomic mass is 10.1. The Labute approximate surface area is 151 Å².